The zero-order valence-electron chi connectivity index (χ0n) is 17.8. The van der Waals surface area contributed by atoms with Gasteiger partial charge in [0.1, 0.15) is 23.9 Å². The summed E-state index contributed by atoms with van der Waals surface area (Å²) < 4.78 is 30.1. The van der Waals surface area contributed by atoms with Crippen molar-refractivity contribution in [2.75, 3.05) is 6.61 Å². The Balaban J connectivity index is 1.03. The molecule has 2 aromatic carbocycles. The van der Waals surface area contributed by atoms with Crippen LogP contribution in [0.2, 0.25) is 0 Å². The van der Waals surface area contributed by atoms with Gasteiger partial charge in [-0.25, -0.2) is 4.39 Å². The van der Waals surface area contributed by atoms with Gasteiger partial charge in [0.05, 0.1) is 5.41 Å². The molecular formula is C25H23FN2O4. The first kappa shape index (κ1) is 19.5. The zero-order valence-corrected chi connectivity index (χ0v) is 17.8. The van der Waals surface area contributed by atoms with Crippen molar-refractivity contribution in [3.8, 4) is 11.5 Å². The lowest BCUT2D eigenvalue weighted by molar-refractivity contribution is -0.123. The normalized spacial score (nSPS) is 28.8. The Labute approximate surface area is 184 Å². The SMILES string of the molecule is Cc1ccc(OCc2noc(C34CC5(CC(=O)COc6cccc(F)c6)CC53C4)n2)cc1. The molecule has 3 aliphatic rings. The van der Waals surface area contributed by atoms with Crippen LogP contribution in [-0.4, -0.2) is 22.5 Å². The van der Waals surface area contributed by atoms with E-state index in [-0.39, 0.29) is 41.1 Å². The van der Waals surface area contributed by atoms with Gasteiger partial charge < -0.3 is 14.0 Å². The predicted molar refractivity (Wildman–Crippen MR) is 112 cm³/mol. The molecule has 3 aliphatic carbocycles. The monoisotopic (exact) mass is 434 g/mol. The minimum atomic E-state index is -0.375. The number of rotatable bonds is 9. The van der Waals surface area contributed by atoms with Crippen LogP contribution in [0.25, 0.3) is 0 Å². The Morgan fingerprint density at radius 2 is 1.94 bits per heavy atom. The van der Waals surface area contributed by atoms with Gasteiger partial charge in [0.25, 0.3) is 0 Å². The summed E-state index contributed by atoms with van der Waals surface area (Å²) in [5, 5.41) is 4.10. The second-order valence-electron chi connectivity index (χ2n) is 9.55. The molecule has 7 heteroatoms. The Bertz CT molecular complexity index is 1210. The first-order valence-electron chi connectivity index (χ1n) is 10.9. The summed E-state index contributed by atoms with van der Waals surface area (Å²) in [6.45, 7) is 2.26. The molecule has 0 radical (unpaired) electrons. The first-order valence-corrected chi connectivity index (χ1v) is 10.9. The van der Waals surface area contributed by atoms with Crippen LogP contribution < -0.4 is 9.47 Å². The van der Waals surface area contributed by atoms with Crippen LogP contribution in [0.3, 0.4) is 0 Å². The second kappa shape index (κ2) is 6.64. The molecule has 0 amide bonds. The van der Waals surface area contributed by atoms with E-state index in [1.165, 1.54) is 17.7 Å². The molecule has 3 fully saturated rings. The van der Waals surface area contributed by atoms with Gasteiger partial charge in [-0.1, -0.05) is 28.9 Å². The van der Waals surface area contributed by atoms with Crippen LogP contribution in [0.15, 0.2) is 53.1 Å². The van der Waals surface area contributed by atoms with E-state index in [1.54, 1.807) is 12.1 Å². The highest BCUT2D eigenvalue weighted by Gasteiger charge is 2.98. The Morgan fingerprint density at radius 3 is 2.72 bits per heavy atom. The number of carbonyl (C=O) groups excluding carboxylic acids is 1. The largest absolute Gasteiger partial charge is 0.486 e. The molecule has 3 atom stereocenters. The molecule has 1 aromatic heterocycles. The lowest BCUT2D eigenvalue weighted by Crippen LogP contribution is -2.33. The van der Waals surface area contributed by atoms with Crippen LogP contribution in [0.1, 0.15) is 43.0 Å². The maximum absolute atomic E-state index is 13.3. The number of ether oxygens (including phenoxy) is 2. The highest BCUT2D eigenvalue weighted by molar-refractivity contribution is 5.82. The van der Waals surface area contributed by atoms with Gasteiger partial charge in [-0.2, -0.15) is 4.98 Å². The van der Waals surface area contributed by atoms with Gasteiger partial charge in [0.15, 0.2) is 12.4 Å². The van der Waals surface area contributed by atoms with Crippen molar-refractivity contribution >= 4 is 5.78 Å². The van der Waals surface area contributed by atoms with Crippen molar-refractivity contribution in [2.24, 2.45) is 10.8 Å². The van der Waals surface area contributed by atoms with Gasteiger partial charge >= 0.3 is 0 Å². The van der Waals surface area contributed by atoms with E-state index >= 15 is 0 Å². The van der Waals surface area contributed by atoms with Gasteiger partial charge in [-0.05, 0) is 61.3 Å². The number of halogens is 1. The third kappa shape index (κ3) is 2.87. The number of hydrogen-bond donors (Lipinski definition) is 0. The number of ketones is 1. The number of carbonyl (C=O) groups is 1. The molecule has 1 spiro atoms. The molecule has 0 aliphatic heterocycles. The number of nitrogens with zero attached hydrogens (tertiary/aromatic N) is 2. The first-order chi connectivity index (χ1) is 15.4. The fourth-order valence-electron chi connectivity index (χ4n) is 5.95. The summed E-state index contributed by atoms with van der Waals surface area (Å²) in [7, 11) is 0. The molecule has 0 N–H and O–H groups in total. The van der Waals surface area contributed by atoms with Crippen molar-refractivity contribution in [3.63, 3.8) is 0 Å². The molecule has 3 aromatic rings. The topological polar surface area (TPSA) is 74.5 Å². The molecule has 6 nitrogen and oxygen atoms in total. The van der Waals surface area contributed by atoms with E-state index in [1.807, 2.05) is 31.2 Å². The van der Waals surface area contributed by atoms with E-state index < -0.39 is 0 Å². The summed E-state index contributed by atoms with van der Waals surface area (Å²) in [4.78, 5) is 17.1. The maximum Gasteiger partial charge on any atom is 0.233 e. The summed E-state index contributed by atoms with van der Waals surface area (Å²) in [5.74, 6) is 2.03. The Hall–Kier alpha value is -3.22. The van der Waals surface area contributed by atoms with Crippen LogP contribution >= 0.6 is 0 Å². The second-order valence-corrected chi connectivity index (χ2v) is 9.55. The highest BCUT2D eigenvalue weighted by Crippen LogP contribution is 3.00. The summed E-state index contributed by atoms with van der Waals surface area (Å²) in [6.07, 6.45) is 3.40. The smallest absolute Gasteiger partial charge is 0.233 e. The van der Waals surface area contributed by atoms with Crippen molar-refractivity contribution in [2.45, 2.75) is 44.6 Å². The number of aryl methyl sites for hydroxylation is 1. The lowest BCUT2D eigenvalue weighted by Gasteiger charge is -2.31. The number of benzene rings is 2. The van der Waals surface area contributed by atoms with Gasteiger partial charge in [0.2, 0.25) is 11.7 Å². The molecule has 0 bridgehead atoms. The number of hydrogen-bond acceptors (Lipinski definition) is 6. The van der Waals surface area contributed by atoms with Crippen molar-refractivity contribution < 1.29 is 23.2 Å². The fraction of sp³-hybridized carbons (Fsp3) is 0.400. The highest BCUT2D eigenvalue weighted by atomic mass is 19.1. The zero-order chi connectivity index (χ0) is 22.0. The quantitative estimate of drug-likeness (QED) is 0.492. The molecule has 164 valence electrons. The standard InChI is InChI=1S/C25H23FN2O4/c1-16-5-7-19(8-6-16)31-12-21-27-22(32-28-21)24-13-23(14-25(23,24)15-24)10-18(29)11-30-20-4-2-3-17(26)9-20/h2-9H,10-15H2,1H3. The lowest BCUT2D eigenvalue weighted by atomic mass is 9.72. The summed E-state index contributed by atoms with van der Waals surface area (Å²) in [6, 6.07) is 13.7. The minimum Gasteiger partial charge on any atom is -0.486 e. The number of Topliss-reactive ketones (excluding diaryl/α,β-unsaturated/α-hetero) is 1. The van der Waals surface area contributed by atoms with Crippen LogP contribution in [0.5, 0.6) is 11.5 Å². The summed E-state index contributed by atoms with van der Waals surface area (Å²) >= 11 is 0. The van der Waals surface area contributed by atoms with E-state index in [4.69, 9.17) is 14.0 Å². The van der Waals surface area contributed by atoms with Crippen molar-refractivity contribution in [1.82, 2.24) is 10.1 Å². The Morgan fingerprint density at radius 1 is 1.09 bits per heavy atom. The molecule has 1 heterocycles. The van der Waals surface area contributed by atoms with Gasteiger partial charge in [-0.3, -0.25) is 4.79 Å². The van der Waals surface area contributed by atoms with Crippen LogP contribution in [-0.2, 0) is 16.8 Å². The van der Waals surface area contributed by atoms with E-state index in [0.29, 0.717) is 23.9 Å². The van der Waals surface area contributed by atoms with Gasteiger partial charge in [-0.15, -0.1) is 0 Å². The molecule has 3 unspecified atom stereocenters. The molecule has 6 rings (SSSR count). The average Bonchev–Trinajstić information content (AvgIpc) is 3.35. The third-order valence-electron chi connectivity index (χ3n) is 7.56. The average molecular weight is 434 g/mol. The van der Waals surface area contributed by atoms with Crippen LogP contribution in [0, 0.1) is 23.6 Å². The van der Waals surface area contributed by atoms with E-state index in [9.17, 15) is 9.18 Å². The van der Waals surface area contributed by atoms with E-state index in [2.05, 4.69) is 10.1 Å². The fourth-order valence-corrected chi connectivity index (χ4v) is 5.95. The Kier molecular flexibility index (Phi) is 4.04. The third-order valence-corrected chi connectivity index (χ3v) is 7.56. The van der Waals surface area contributed by atoms with Crippen molar-refractivity contribution in [3.05, 3.63) is 71.6 Å². The minimum absolute atomic E-state index is 0.0324. The van der Waals surface area contributed by atoms with Crippen LogP contribution in [0.4, 0.5) is 4.39 Å². The number of aromatic nitrogens is 2. The summed E-state index contributed by atoms with van der Waals surface area (Å²) in [5.41, 5.74) is 1.29. The maximum atomic E-state index is 13.3. The van der Waals surface area contributed by atoms with E-state index in [0.717, 1.165) is 25.0 Å². The molecule has 32 heavy (non-hydrogen) atoms. The van der Waals surface area contributed by atoms with Gasteiger partial charge in [0, 0.05) is 12.5 Å². The van der Waals surface area contributed by atoms with Crippen molar-refractivity contribution in [1.29, 1.82) is 0 Å². The molecule has 0 saturated heterocycles. The molecule has 3 saturated carbocycles. The molecular weight excluding hydrogens is 411 g/mol. The predicted octanol–water partition coefficient (Wildman–Crippen LogP) is 4.56.